The van der Waals surface area contributed by atoms with Crippen molar-refractivity contribution in [2.75, 3.05) is 32.9 Å². The predicted octanol–water partition coefficient (Wildman–Crippen LogP) is 2.23. The maximum Gasteiger partial charge on any atom is 0.134 e. The third-order valence-corrected chi connectivity index (χ3v) is 4.62. The average Bonchev–Trinajstić information content (AvgIpc) is 2.85. The van der Waals surface area contributed by atoms with Gasteiger partial charge in [-0.25, -0.2) is 9.37 Å². The summed E-state index contributed by atoms with van der Waals surface area (Å²) in [7, 11) is 0. The van der Waals surface area contributed by atoms with Gasteiger partial charge in [-0.2, -0.15) is 0 Å². The van der Waals surface area contributed by atoms with Crippen molar-refractivity contribution >= 4 is 11.3 Å². The van der Waals surface area contributed by atoms with Crippen LogP contribution in [-0.2, 0) is 11.3 Å². The molecule has 7 heteroatoms. The van der Waals surface area contributed by atoms with Crippen LogP contribution in [0.15, 0.2) is 29.6 Å². The smallest absolute Gasteiger partial charge is 0.134 e. The Morgan fingerprint density at radius 3 is 3.12 bits per heavy atom. The Balaban J connectivity index is 1.62. The van der Waals surface area contributed by atoms with Crippen LogP contribution in [0.25, 0.3) is 0 Å². The molecule has 1 atom stereocenters. The van der Waals surface area contributed by atoms with E-state index in [4.69, 9.17) is 9.47 Å². The highest BCUT2D eigenvalue weighted by Gasteiger charge is 2.33. The molecule has 1 unspecified atom stereocenters. The number of ether oxygens (including phenoxy) is 2. The second-order valence-electron chi connectivity index (χ2n) is 6.09. The fourth-order valence-electron chi connectivity index (χ4n) is 2.70. The lowest BCUT2D eigenvalue weighted by Crippen LogP contribution is -2.48. The van der Waals surface area contributed by atoms with Crippen molar-refractivity contribution in [3.63, 3.8) is 0 Å². The molecule has 1 fully saturated rings. The summed E-state index contributed by atoms with van der Waals surface area (Å²) in [6.07, 6.45) is 0. The number of hydrogen-bond donors (Lipinski definition) is 1. The number of halogens is 1. The van der Waals surface area contributed by atoms with Crippen LogP contribution in [-0.4, -0.2) is 53.5 Å². The summed E-state index contributed by atoms with van der Waals surface area (Å²) < 4.78 is 24.3. The number of aryl methyl sites for hydroxylation is 1. The van der Waals surface area contributed by atoms with Gasteiger partial charge in [0.25, 0.3) is 0 Å². The molecular weight excluding hydrogens is 331 g/mol. The molecule has 1 aromatic heterocycles. The standard InChI is InChI=1S/C17H21FN2O3S/c1-13-19-15(9-24-13)8-20-5-6-22-11-17(21,10-20)12-23-16-4-2-3-14(18)7-16/h2-4,7,9,21H,5-6,8,10-12H2,1H3. The Morgan fingerprint density at radius 1 is 1.50 bits per heavy atom. The topological polar surface area (TPSA) is 54.8 Å². The van der Waals surface area contributed by atoms with Crippen LogP contribution >= 0.6 is 11.3 Å². The first kappa shape index (κ1) is 17.3. The molecule has 3 rings (SSSR count). The van der Waals surface area contributed by atoms with E-state index < -0.39 is 5.60 Å². The van der Waals surface area contributed by atoms with E-state index in [9.17, 15) is 9.50 Å². The first-order valence-electron chi connectivity index (χ1n) is 7.84. The average molecular weight is 352 g/mol. The van der Waals surface area contributed by atoms with Gasteiger partial charge < -0.3 is 14.6 Å². The Hall–Kier alpha value is -1.54. The van der Waals surface area contributed by atoms with Gasteiger partial charge in [-0.15, -0.1) is 11.3 Å². The third-order valence-electron chi connectivity index (χ3n) is 3.80. The molecule has 1 aliphatic rings. The minimum absolute atomic E-state index is 0.0447. The molecule has 1 aromatic carbocycles. The van der Waals surface area contributed by atoms with Crippen molar-refractivity contribution < 1.29 is 19.0 Å². The van der Waals surface area contributed by atoms with Crippen LogP contribution in [0.5, 0.6) is 5.75 Å². The molecule has 0 spiro atoms. The van der Waals surface area contributed by atoms with E-state index in [0.717, 1.165) is 17.2 Å². The number of benzene rings is 1. The van der Waals surface area contributed by atoms with E-state index in [1.165, 1.54) is 12.1 Å². The Morgan fingerprint density at radius 2 is 2.38 bits per heavy atom. The van der Waals surface area contributed by atoms with Gasteiger partial charge in [0.05, 0.1) is 23.9 Å². The van der Waals surface area contributed by atoms with Gasteiger partial charge in [-0.05, 0) is 19.1 Å². The van der Waals surface area contributed by atoms with Crippen molar-refractivity contribution in [2.45, 2.75) is 19.1 Å². The molecule has 1 aliphatic heterocycles. The van der Waals surface area contributed by atoms with Gasteiger partial charge in [0.15, 0.2) is 0 Å². The number of aromatic nitrogens is 1. The highest BCUT2D eigenvalue weighted by molar-refractivity contribution is 7.09. The first-order chi connectivity index (χ1) is 11.5. The third kappa shape index (κ3) is 4.73. The van der Waals surface area contributed by atoms with Crippen LogP contribution in [0.2, 0.25) is 0 Å². The lowest BCUT2D eigenvalue weighted by atomic mass is 10.1. The summed E-state index contributed by atoms with van der Waals surface area (Å²) in [6.45, 7) is 4.56. The molecule has 0 saturated carbocycles. The zero-order chi connectivity index (χ0) is 17.0. The summed E-state index contributed by atoms with van der Waals surface area (Å²) >= 11 is 1.62. The molecule has 5 nitrogen and oxygen atoms in total. The second-order valence-corrected chi connectivity index (χ2v) is 7.15. The zero-order valence-electron chi connectivity index (χ0n) is 13.6. The summed E-state index contributed by atoms with van der Waals surface area (Å²) in [6, 6.07) is 5.90. The molecule has 0 aliphatic carbocycles. The first-order valence-corrected chi connectivity index (χ1v) is 8.72. The molecule has 2 aromatic rings. The predicted molar refractivity (Wildman–Crippen MR) is 89.8 cm³/mol. The van der Waals surface area contributed by atoms with Crippen molar-refractivity contribution in [3.05, 3.63) is 46.2 Å². The lowest BCUT2D eigenvalue weighted by Gasteiger charge is -2.30. The van der Waals surface area contributed by atoms with Crippen LogP contribution in [0.4, 0.5) is 4.39 Å². The number of β-amino-alcohol motifs (C(OH)–C–C–N with tert-alkyl or cyclic N) is 1. The van der Waals surface area contributed by atoms with E-state index >= 15 is 0 Å². The summed E-state index contributed by atoms with van der Waals surface area (Å²) in [5.74, 6) is 0.0338. The fraction of sp³-hybridized carbons (Fsp3) is 0.471. The molecule has 0 bridgehead atoms. The number of nitrogens with zero attached hydrogens (tertiary/aromatic N) is 2. The van der Waals surface area contributed by atoms with E-state index in [1.807, 2.05) is 12.3 Å². The van der Waals surface area contributed by atoms with Crippen LogP contribution in [0, 0.1) is 12.7 Å². The van der Waals surface area contributed by atoms with Gasteiger partial charge in [0.1, 0.15) is 23.8 Å². The van der Waals surface area contributed by atoms with Crippen molar-refractivity contribution in [2.24, 2.45) is 0 Å². The Labute approximate surface area is 144 Å². The van der Waals surface area contributed by atoms with Gasteiger partial charge in [-0.1, -0.05) is 6.07 Å². The van der Waals surface area contributed by atoms with Crippen LogP contribution in [0.3, 0.4) is 0 Å². The van der Waals surface area contributed by atoms with Crippen LogP contribution in [0.1, 0.15) is 10.7 Å². The molecule has 0 radical (unpaired) electrons. The van der Waals surface area contributed by atoms with E-state index in [2.05, 4.69) is 9.88 Å². The second kappa shape index (κ2) is 7.57. The molecule has 1 saturated heterocycles. The maximum atomic E-state index is 13.2. The highest BCUT2D eigenvalue weighted by atomic mass is 32.1. The fourth-order valence-corrected chi connectivity index (χ4v) is 3.31. The number of hydrogen-bond acceptors (Lipinski definition) is 6. The van der Waals surface area contributed by atoms with E-state index in [0.29, 0.717) is 25.4 Å². The van der Waals surface area contributed by atoms with Gasteiger partial charge >= 0.3 is 0 Å². The van der Waals surface area contributed by atoms with E-state index in [1.54, 1.807) is 23.5 Å². The highest BCUT2D eigenvalue weighted by Crippen LogP contribution is 2.19. The monoisotopic (exact) mass is 352 g/mol. The Bertz CT molecular complexity index is 681. The van der Waals surface area contributed by atoms with Gasteiger partial charge in [-0.3, -0.25) is 4.90 Å². The minimum atomic E-state index is -1.14. The Kier molecular flexibility index (Phi) is 5.45. The minimum Gasteiger partial charge on any atom is -0.490 e. The molecule has 130 valence electrons. The zero-order valence-corrected chi connectivity index (χ0v) is 14.4. The SMILES string of the molecule is Cc1nc(CN2CCOCC(O)(COc3cccc(F)c3)C2)cs1. The number of rotatable bonds is 5. The summed E-state index contributed by atoms with van der Waals surface area (Å²) in [5.41, 5.74) is -0.152. The molecule has 24 heavy (non-hydrogen) atoms. The van der Waals surface area contributed by atoms with Crippen molar-refractivity contribution in [3.8, 4) is 5.75 Å². The summed E-state index contributed by atoms with van der Waals surface area (Å²) in [5, 5.41) is 13.9. The van der Waals surface area contributed by atoms with Crippen molar-refractivity contribution in [1.29, 1.82) is 0 Å². The molecular formula is C17H21FN2O3S. The lowest BCUT2D eigenvalue weighted by molar-refractivity contribution is -0.0647. The molecule has 1 N–H and O–H groups in total. The normalized spacial score (nSPS) is 22.3. The number of aliphatic hydroxyl groups is 1. The largest absolute Gasteiger partial charge is 0.490 e. The maximum absolute atomic E-state index is 13.2. The number of thiazole rings is 1. The molecule has 0 amide bonds. The van der Waals surface area contributed by atoms with Gasteiger partial charge in [0.2, 0.25) is 0 Å². The summed E-state index contributed by atoms with van der Waals surface area (Å²) in [4.78, 5) is 6.58. The van der Waals surface area contributed by atoms with E-state index in [-0.39, 0.29) is 19.0 Å². The van der Waals surface area contributed by atoms with Gasteiger partial charge in [0, 0.05) is 31.1 Å². The van der Waals surface area contributed by atoms with Crippen molar-refractivity contribution in [1.82, 2.24) is 9.88 Å². The quantitative estimate of drug-likeness (QED) is 0.894. The van der Waals surface area contributed by atoms with Crippen LogP contribution < -0.4 is 4.74 Å². The molecule has 2 heterocycles.